The SMILES string of the molecule is Br.C=C(C)C(=O)OC(C)C(CCCCCCCCCCCCCC)CNC. The fourth-order valence-corrected chi connectivity index (χ4v) is 3.38. The molecule has 0 saturated heterocycles. The van der Waals surface area contributed by atoms with Crippen LogP contribution in [0, 0.1) is 5.92 Å². The topological polar surface area (TPSA) is 38.3 Å². The molecule has 1 N–H and O–H groups in total. The monoisotopic (exact) mass is 447 g/mol. The van der Waals surface area contributed by atoms with Gasteiger partial charge in [-0.25, -0.2) is 4.79 Å². The summed E-state index contributed by atoms with van der Waals surface area (Å²) in [5, 5.41) is 3.23. The highest BCUT2D eigenvalue weighted by Crippen LogP contribution is 2.18. The first-order valence-corrected chi connectivity index (χ1v) is 11.0. The Morgan fingerprint density at radius 1 is 0.926 bits per heavy atom. The van der Waals surface area contributed by atoms with Crippen molar-refractivity contribution in [3.8, 4) is 0 Å². The smallest absolute Gasteiger partial charge is 0.333 e. The molecule has 0 spiro atoms. The minimum atomic E-state index is -0.270. The molecule has 0 aromatic heterocycles. The second-order valence-corrected chi connectivity index (χ2v) is 7.89. The molecular weight excluding hydrogens is 402 g/mol. The maximum absolute atomic E-state index is 11.7. The third-order valence-corrected chi connectivity index (χ3v) is 5.20. The lowest BCUT2D eigenvalue weighted by Crippen LogP contribution is -2.31. The van der Waals surface area contributed by atoms with Gasteiger partial charge in [0.15, 0.2) is 0 Å². The molecule has 0 rings (SSSR count). The number of hydrogen-bond acceptors (Lipinski definition) is 3. The normalized spacial score (nSPS) is 12.9. The van der Waals surface area contributed by atoms with Crippen molar-refractivity contribution in [2.24, 2.45) is 5.92 Å². The van der Waals surface area contributed by atoms with Gasteiger partial charge in [0.1, 0.15) is 6.10 Å². The van der Waals surface area contributed by atoms with Gasteiger partial charge in [-0.1, -0.05) is 90.6 Å². The number of hydrogen-bond donors (Lipinski definition) is 1. The Morgan fingerprint density at radius 3 is 1.78 bits per heavy atom. The summed E-state index contributed by atoms with van der Waals surface area (Å²) in [7, 11) is 1.96. The largest absolute Gasteiger partial charge is 0.459 e. The fraction of sp³-hybridized carbons (Fsp3) is 0.870. The first-order chi connectivity index (χ1) is 12.5. The zero-order valence-electron chi connectivity index (χ0n) is 18.5. The highest BCUT2D eigenvalue weighted by Gasteiger charge is 2.20. The van der Waals surface area contributed by atoms with Gasteiger partial charge < -0.3 is 10.1 Å². The van der Waals surface area contributed by atoms with Gasteiger partial charge in [0, 0.05) is 18.0 Å². The minimum absolute atomic E-state index is 0. The molecule has 4 heteroatoms. The third-order valence-electron chi connectivity index (χ3n) is 5.20. The zero-order chi connectivity index (χ0) is 19.6. The first kappa shape index (κ1) is 28.9. The third kappa shape index (κ3) is 17.5. The van der Waals surface area contributed by atoms with E-state index in [9.17, 15) is 4.79 Å². The predicted molar refractivity (Wildman–Crippen MR) is 124 cm³/mol. The van der Waals surface area contributed by atoms with Crippen LogP contribution in [0.3, 0.4) is 0 Å². The Kier molecular flexibility index (Phi) is 21.8. The number of unbranched alkanes of at least 4 members (excludes halogenated alkanes) is 11. The van der Waals surface area contributed by atoms with Gasteiger partial charge in [-0.2, -0.15) is 0 Å². The predicted octanol–water partition coefficient (Wildman–Crippen LogP) is 7.00. The summed E-state index contributed by atoms with van der Waals surface area (Å²) in [6.45, 7) is 10.5. The second kappa shape index (κ2) is 20.4. The molecule has 0 saturated carbocycles. The van der Waals surface area contributed by atoms with E-state index in [0.29, 0.717) is 11.5 Å². The molecule has 0 radical (unpaired) electrons. The molecule has 27 heavy (non-hydrogen) atoms. The van der Waals surface area contributed by atoms with Crippen LogP contribution in [0.2, 0.25) is 0 Å². The average molecular weight is 449 g/mol. The summed E-state index contributed by atoms with van der Waals surface area (Å²) in [4.78, 5) is 11.7. The number of esters is 1. The van der Waals surface area contributed by atoms with Crippen LogP contribution in [0.25, 0.3) is 0 Å². The molecule has 0 amide bonds. The maximum atomic E-state index is 11.7. The minimum Gasteiger partial charge on any atom is -0.459 e. The molecule has 0 aromatic rings. The average Bonchev–Trinajstić information content (AvgIpc) is 2.61. The van der Waals surface area contributed by atoms with Gasteiger partial charge in [0.2, 0.25) is 0 Å². The quantitative estimate of drug-likeness (QED) is 0.139. The molecule has 162 valence electrons. The molecule has 0 heterocycles. The van der Waals surface area contributed by atoms with Crippen molar-refractivity contribution in [3.05, 3.63) is 12.2 Å². The highest BCUT2D eigenvalue weighted by molar-refractivity contribution is 8.93. The van der Waals surface area contributed by atoms with E-state index < -0.39 is 0 Å². The summed E-state index contributed by atoms with van der Waals surface area (Å²) < 4.78 is 5.51. The van der Waals surface area contributed by atoms with Crippen LogP contribution in [0.5, 0.6) is 0 Å². The molecule has 3 nitrogen and oxygen atoms in total. The van der Waals surface area contributed by atoms with Gasteiger partial charge in [-0.3, -0.25) is 0 Å². The van der Waals surface area contributed by atoms with Crippen molar-refractivity contribution in [1.82, 2.24) is 5.32 Å². The molecule has 0 fully saturated rings. The number of carbonyl (C=O) groups is 1. The van der Waals surface area contributed by atoms with E-state index >= 15 is 0 Å². The van der Waals surface area contributed by atoms with Crippen LogP contribution >= 0.6 is 17.0 Å². The van der Waals surface area contributed by atoms with Crippen molar-refractivity contribution < 1.29 is 9.53 Å². The van der Waals surface area contributed by atoms with Crippen molar-refractivity contribution >= 4 is 23.0 Å². The van der Waals surface area contributed by atoms with Crippen molar-refractivity contribution in [2.75, 3.05) is 13.6 Å². The van der Waals surface area contributed by atoms with Gasteiger partial charge in [-0.15, -0.1) is 17.0 Å². The summed E-state index contributed by atoms with van der Waals surface area (Å²) in [5.41, 5.74) is 0.477. The molecule has 0 aliphatic carbocycles. The maximum Gasteiger partial charge on any atom is 0.333 e. The number of nitrogens with one attached hydrogen (secondary N) is 1. The van der Waals surface area contributed by atoms with Crippen LogP contribution in [0.1, 0.15) is 104 Å². The van der Waals surface area contributed by atoms with Gasteiger partial charge >= 0.3 is 5.97 Å². The Morgan fingerprint density at radius 2 is 1.37 bits per heavy atom. The molecular formula is C23H46BrNO2. The lowest BCUT2D eigenvalue weighted by atomic mass is 9.95. The van der Waals surface area contributed by atoms with Crippen LogP contribution < -0.4 is 5.32 Å². The van der Waals surface area contributed by atoms with Gasteiger partial charge in [-0.05, 0) is 27.3 Å². The molecule has 2 atom stereocenters. The van der Waals surface area contributed by atoms with E-state index in [0.717, 1.165) is 13.0 Å². The molecule has 0 bridgehead atoms. The Labute approximate surface area is 179 Å². The Hall–Kier alpha value is -0.350. The summed E-state index contributed by atoms with van der Waals surface area (Å²) in [5.74, 6) is 0.111. The van der Waals surface area contributed by atoms with Crippen molar-refractivity contribution in [3.63, 3.8) is 0 Å². The fourth-order valence-electron chi connectivity index (χ4n) is 3.38. The van der Waals surface area contributed by atoms with Crippen LogP contribution in [0.15, 0.2) is 12.2 Å². The van der Waals surface area contributed by atoms with E-state index in [-0.39, 0.29) is 29.1 Å². The van der Waals surface area contributed by atoms with E-state index in [2.05, 4.69) is 18.8 Å². The number of rotatable bonds is 18. The van der Waals surface area contributed by atoms with Crippen LogP contribution in [-0.4, -0.2) is 25.7 Å². The van der Waals surface area contributed by atoms with Crippen molar-refractivity contribution in [1.29, 1.82) is 0 Å². The van der Waals surface area contributed by atoms with Crippen LogP contribution in [-0.2, 0) is 9.53 Å². The highest BCUT2D eigenvalue weighted by atomic mass is 79.9. The molecule has 0 aromatic carbocycles. The van der Waals surface area contributed by atoms with E-state index in [4.69, 9.17) is 4.74 Å². The van der Waals surface area contributed by atoms with Gasteiger partial charge in [0.25, 0.3) is 0 Å². The van der Waals surface area contributed by atoms with E-state index in [1.165, 1.54) is 77.0 Å². The Balaban J connectivity index is 0. The number of halogens is 1. The summed E-state index contributed by atoms with van der Waals surface area (Å²) >= 11 is 0. The zero-order valence-corrected chi connectivity index (χ0v) is 20.2. The standard InChI is InChI=1S/C23H45NO2.BrH/c1-6-7-8-9-10-11-12-13-14-15-16-17-18-22(19-24-5)21(4)26-23(25)20(2)3;/h21-22,24H,2,6-19H2,1,3-5H3;1H. The lowest BCUT2D eigenvalue weighted by molar-refractivity contribution is -0.146. The Bertz CT molecular complexity index is 360. The van der Waals surface area contributed by atoms with Gasteiger partial charge in [0.05, 0.1) is 0 Å². The lowest BCUT2D eigenvalue weighted by Gasteiger charge is -2.24. The second-order valence-electron chi connectivity index (χ2n) is 7.89. The molecule has 2 unspecified atom stereocenters. The van der Waals surface area contributed by atoms with E-state index in [1.54, 1.807) is 6.92 Å². The molecule has 0 aliphatic heterocycles. The number of carbonyl (C=O) groups excluding carboxylic acids is 1. The van der Waals surface area contributed by atoms with E-state index in [1.807, 2.05) is 14.0 Å². The summed E-state index contributed by atoms with van der Waals surface area (Å²) in [6, 6.07) is 0. The number of ether oxygens (including phenoxy) is 1. The van der Waals surface area contributed by atoms with Crippen LogP contribution in [0.4, 0.5) is 0 Å². The first-order valence-electron chi connectivity index (χ1n) is 11.0. The van der Waals surface area contributed by atoms with Crippen molar-refractivity contribution in [2.45, 2.75) is 110 Å². The molecule has 0 aliphatic rings. The summed E-state index contributed by atoms with van der Waals surface area (Å²) in [6.07, 6.45) is 17.5.